The molecular formula is C6H8N2O3. The molecular weight excluding hydrogens is 148 g/mol. The van der Waals surface area contributed by atoms with Gasteiger partial charge >= 0.3 is 5.97 Å². The number of aryl methyl sites for hydroxylation is 1. The number of nitrogens with zero attached hydrogens (tertiary/aromatic N) is 1. The highest BCUT2D eigenvalue weighted by molar-refractivity contribution is 5.90. The van der Waals surface area contributed by atoms with Crippen LogP contribution in [0.15, 0.2) is 0 Å². The fourth-order valence-electron chi connectivity index (χ4n) is 0.880. The molecule has 0 aliphatic carbocycles. The number of carboxylic acid groups (broad SMARTS) is 1. The minimum Gasteiger partial charge on any atom is -0.478 e. The third-order valence-corrected chi connectivity index (χ3v) is 1.39. The molecule has 1 heterocycles. The summed E-state index contributed by atoms with van der Waals surface area (Å²) in [6.45, 7) is 1.24. The average molecular weight is 156 g/mol. The number of rotatable bonds is 2. The van der Waals surface area contributed by atoms with E-state index in [1.165, 1.54) is 0 Å². The highest BCUT2D eigenvalue weighted by Crippen LogP contribution is 2.09. The molecule has 0 unspecified atom stereocenters. The Kier molecular flexibility index (Phi) is 1.91. The molecule has 0 aromatic carbocycles. The molecule has 0 aliphatic rings. The van der Waals surface area contributed by atoms with Gasteiger partial charge in [0.1, 0.15) is 5.56 Å². The van der Waals surface area contributed by atoms with E-state index in [0.717, 1.165) is 0 Å². The number of hydrogen-bond donors (Lipinski definition) is 3. The van der Waals surface area contributed by atoms with Crippen LogP contribution in [-0.4, -0.2) is 26.4 Å². The summed E-state index contributed by atoms with van der Waals surface area (Å²) in [5, 5.41) is 23.3. The van der Waals surface area contributed by atoms with Crippen molar-refractivity contribution < 1.29 is 15.0 Å². The van der Waals surface area contributed by atoms with Crippen LogP contribution in [0.2, 0.25) is 0 Å². The standard InChI is InChI=1S/C6H8N2O3/c1-3-5(6(10)11)4(2-9)8-7-3/h9H,2H2,1H3,(H,7,8)(H,10,11). The third kappa shape index (κ3) is 1.22. The highest BCUT2D eigenvalue weighted by Gasteiger charge is 2.15. The molecule has 0 fully saturated rings. The van der Waals surface area contributed by atoms with Gasteiger partial charge in [0, 0.05) is 0 Å². The Balaban J connectivity index is 3.17. The molecule has 5 heteroatoms. The van der Waals surface area contributed by atoms with E-state index >= 15 is 0 Å². The predicted octanol–water partition coefficient (Wildman–Crippen LogP) is -0.0914. The van der Waals surface area contributed by atoms with Crippen molar-refractivity contribution in [1.82, 2.24) is 10.2 Å². The van der Waals surface area contributed by atoms with Crippen molar-refractivity contribution in [1.29, 1.82) is 0 Å². The molecule has 0 saturated heterocycles. The van der Waals surface area contributed by atoms with Crippen molar-refractivity contribution in [2.45, 2.75) is 13.5 Å². The van der Waals surface area contributed by atoms with E-state index in [2.05, 4.69) is 10.2 Å². The lowest BCUT2D eigenvalue weighted by Gasteiger charge is -1.92. The molecule has 0 amide bonds. The second kappa shape index (κ2) is 2.71. The quantitative estimate of drug-likeness (QED) is 0.558. The van der Waals surface area contributed by atoms with Crippen molar-refractivity contribution in [2.75, 3.05) is 0 Å². The first-order valence-corrected chi connectivity index (χ1v) is 3.04. The van der Waals surface area contributed by atoms with Crippen LogP contribution in [0.1, 0.15) is 21.7 Å². The Morgan fingerprint density at radius 2 is 2.36 bits per heavy atom. The van der Waals surface area contributed by atoms with Crippen LogP contribution >= 0.6 is 0 Å². The molecule has 0 spiro atoms. The van der Waals surface area contributed by atoms with Gasteiger partial charge in [0.2, 0.25) is 0 Å². The average Bonchev–Trinajstić information content (AvgIpc) is 2.30. The second-order valence-corrected chi connectivity index (χ2v) is 2.13. The maximum absolute atomic E-state index is 10.5. The van der Waals surface area contributed by atoms with Gasteiger partial charge in [0.05, 0.1) is 18.0 Å². The van der Waals surface area contributed by atoms with E-state index in [9.17, 15) is 4.79 Å². The van der Waals surface area contributed by atoms with Gasteiger partial charge < -0.3 is 10.2 Å². The summed E-state index contributed by atoms with van der Waals surface area (Å²) < 4.78 is 0. The lowest BCUT2D eigenvalue weighted by atomic mass is 10.2. The number of aromatic nitrogens is 2. The summed E-state index contributed by atoms with van der Waals surface area (Å²) in [5.41, 5.74) is 0.698. The zero-order valence-corrected chi connectivity index (χ0v) is 5.96. The first-order chi connectivity index (χ1) is 5.16. The van der Waals surface area contributed by atoms with E-state index in [1.54, 1.807) is 6.92 Å². The number of nitrogens with one attached hydrogen (secondary N) is 1. The van der Waals surface area contributed by atoms with Gasteiger partial charge in [0.15, 0.2) is 0 Å². The molecule has 1 aromatic rings. The molecule has 60 valence electrons. The van der Waals surface area contributed by atoms with Crippen LogP contribution in [0.4, 0.5) is 0 Å². The Hall–Kier alpha value is -1.36. The van der Waals surface area contributed by atoms with Crippen molar-refractivity contribution in [3.63, 3.8) is 0 Å². The number of aromatic amines is 1. The molecule has 11 heavy (non-hydrogen) atoms. The van der Waals surface area contributed by atoms with E-state index < -0.39 is 5.97 Å². The topological polar surface area (TPSA) is 86.2 Å². The van der Waals surface area contributed by atoms with E-state index in [1.807, 2.05) is 0 Å². The van der Waals surface area contributed by atoms with Crippen LogP contribution in [0.3, 0.4) is 0 Å². The maximum atomic E-state index is 10.5. The number of H-pyrrole nitrogens is 1. The van der Waals surface area contributed by atoms with Crippen LogP contribution < -0.4 is 0 Å². The molecule has 3 N–H and O–H groups in total. The van der Waals surface area contributed by atoms with Crippen LogP contribution in [-0.2, 0) is 6.61 Å². The van der Waals surface area contributed by atoms with Crippen molar-refractivity contribution in [2.24, 2.45) is 0 Å². The summed E-state index contributed by atoms with van der Waals surface area (Å²) in [7, 11) is 0. The van der Waals surface area contributed by atoms with Gasteiger partial charge in [-0.15, -0.1) is 0 Å². The van der Waals surface area contributed by atoms with Gasteiger partial charge in [0.25, 0.3) is 0 Å². The first kappa shape index (κ1) is 7.74. The molecule has 0 bridgehead atoms. The molecule has 0 atom stereocenters. The summed E-state index contributed by atoms with van der Waals surface area (Å²) in [4.78, 5) is 10.5. The smallest absolute Gasteiger partial charge is 0.339 e. The lowest BCUT2D eigenvalue weighted by Crippen LogP contribution is -2.01. The fraction of sp³-hybridized carbons (Fsp3) is 0.333. The van der Waals surface area contributed by atoms with Crippen LogP contribution in [0.5, 0.6) is 0 Å². The number of aromatic carboxylic acids is 1. The normalized spacial score (nSPS) is 10.0. The number of aliphatic hydroxyl groups excluding tert-OH is 1. The van der Waals surface area contributed by atoms with E-state index in [4.69, 9.17) is 10.2 Å². The molecule has 0 aliphatic heterocycles. The van der Waals surface area contributed by atoms with Gasteiger partial charge in [-0.1, -0.05) is 0 Å². The zero-order chi connectivity index (χ0) is 8.43. The number of hydrogen-bond acceptors (Lipinski definition) is 3. The van der Waals surface area contributed by atoms with Crippen molar-refractivity contribution >= 4 is 5.97 Å². The summed E-state index contributed by atoms with van der Waals surface area (Å²) in [5.74, 6) is -1.07. The number of aliphatic hydroxyl groups is 1. The molecule has 0 radical (unpaired) electrons. The van der Waals surface area contributed by atoms with Gasteiger partial charge in [-0.2, -0.15) is 5.10 Å². The SMILES string of the molecule is Cc1n[nH]c(CO)c1C(=O)O. The Morgan fingerprint density at radius 3 is 2.73 bits per heavy atom. The van der Waals surface area contributed by atoms with Crippen molar-refractivity contribution in [3.05, 3.63) is 17.0 Å². The maximum Gasteiger partial charge on any atom is 0.339 e. The minimum absolute atomic E-state index is 0.0625. The number of carbonyl (C=O) groups is 1. The molecule has 5 nitrogen and oxygen atoms in total. The van der Waals surface area contributed by atoms with E-state index in [-0.39, 0.29) is 17.9 Å². The van der Waals surface area contributed by atoms with Crippen LogP contribution in [0.25, 0.3) is 0 Å². The predicted molar refractivity (Wildman–Crippen MR) is 36.2 cm³/mol. The summed E-state index contributed by atoms with van der Waals surface area (Å²) in [6.07, 6.45) is 0. The fourth-order valence-corrected chi connectivity index (χ4v) is 0.880. The monoisotopic (exact) mass is 156 g/mol. The van der Waals surface area contributed by atoms with Gasteiger partial charge in [-0.3, -0.25) is 5.10 Å². The molecule has 0 saturated carbocycles. The van der Waals surface area contributed by atoms with E-state index in [0.29, 0.717) is 5.69 Å². The Morgan fingerprint density at radius 1 is 1.73 bits per heavy atom. The second-order valence-electron chi connectivity index (χ2n) is 2.13. The molecule has 1 aromatic heterocycles. The largest absolute Gasteiger partial charge is 0.478 e. The summed E-state index contributed by atoms with van der Waals surface area (Å²) in [6, 6.07) is 0. The lowest BCUT2D eigenvalue weighted by molar-refractivity contribution is 0.0692. The highest BCUT2D eigenvalue weighted by atomic mass is 16.4. The van der Waals surface area contributed by atoms with Gasteiger partial charge in [-0.05, 0) is 6.92 Å². The Labute approximate surface area is 62.7 Å². The number of carboxylic acids is 1. The minimum atomic E-state index is -1.07. The summed E-state index contributed by atoms with van der Waals surface area (Å²) >= 11 is 0. The molecule has 1 rings (SSSR count). The first-order valence-electron chi connectivity index (χ1n) is 3.04. The third-order valence-electron chi connectivity index (χ3n) is 1.39. The zero-order valence-electron chi connectivity index (χ0n) is 5.96. The Bertz CT molecular complexity index is 279. The van der Waals surface area contributed by atoms with Crippen LogP contribution in [0, 0.1) is 6.92 Å². The van der Waals surface area contributed by atoms with Crippen molar-refractivity contribution in [3.8, 4) is 0 Å². The van der Waals surface area contributed by atoms with Gasteiger partial charge in [-0.25, -0.2) is 4.79 Å².